The van der Waals surface area contributed by atoms with Gasteiger partial charge in [0.2, 0.25) is 0 Å². The van der Waals surface area contributed by atoms with Gasteiger partial charge in [-0.15, -0.1) is 0 Å². The molecule has 0 spiro atoms. The van der Waals surface area contributed by atoms with Crippen molar-refractivity contribution < 1.29 is 14.3 Å². The molecule has 0 fully saturated rings. The third-order valence-corrected chi connectivity index (χ3v) is 4.52. The van der Waals surface area contributed by atoms with Crippen molar-refractivity contribution in [3.8, 4) is 17.6 Å². The van der Waals surface area contributed by atoms with Gasteiger partial charge < -0.3 is 20.1 Å². The smallest absolute Gasteiger partial charge is 0.263 e. The fourth-order valence-electron chi connectivity index (χ4n) is 2.49. The first-order valence-corrected chi connectivity index (χ1v) is 8.97. The maximum Gasteiger partial charge on any atom is 0.263 e. The van der Waals surface area contributed by atoms with Gasteiger partial charge in [-0.1, -0.05) is 35.9 Å². The number of nitrogens with one attached hydrogen (secondary N) is 2. The SMILES string of the molecule is COc1ccc(C(C)N/C=C(/C#N)C(=O)NCc2ccccc2Cl)cc1OC. The second kappa shape index (κ2) is 10.2. The largest absolute Gasteiger partial charge is 0.493 e. The fraction of sp³-hybridized carbons (Fsp3) is 0.238. The Morgan fingerprint density at radius 2 is 1.93 bits per heavy atom. The lowest BCUT2D eigenvalue weighted by Crippen LogP contribution is -2.25. The van der Waals surface area contributed by atoms with E-state index < -0.39 is 5.91 Å². The van der Waals surface area contributed by atoms with Crippen LogP contribution in [0.2, 0.25) is 5.02 Å². The third kappa shape index (κ3) is 5.41. The minimum Gasteiger partial charge on any atom is -0.493 e. The first-order chi connectivity index (χ1) is 13.5. The van der Waals surface area contributed by atoms with Crippen LogP contribution in [0.4, 0.5) is 0 Å². The Labute approximate surface area is 169 Å². The molecule has 0 saturated carbocycles. The molecule has 28 heavy (non-hydrogen) atoms. The summed E-state index contributed by atoms with van der Waals surface area (Å²) >= 11 is 6.08. The number of hydrogen-bond donors (Lipinski definition) is 2. The van der Waals surface area contributed by atoms with E-state index in [0.29, 0.717) is 16.5 Å². The number of nitrogens with zero attached hydrogens (tertiary/aromatic N) is 1. The summed E-state index contributed by atoms with van der Waals surface area (Å²) in [5.41, 5.74) is 1.67. The molecule has 2 aromatic carbocycles. The monoisotopic (exact) mass is 399 g/mol. The molecule has 0 saturated heterocycles. The summed E-state index contributed by atoms with van der Waals surface area (Å²) in [4.78, 5) is 12.3. The van der Waals surface area contributed by atoms with Gasteiger partial charge in [0, 0.05) is 23.8 Å². The highest BCUT2D eigenvalue weighted by Crippen LogP contribution is 2.29. The lowest BCUT2D eigenvalue weighted by atomic mass is 10.1. The van der Waals surface area contributed by atoms with E-state index in [2.05, 4.69) is 10.6 Å². The summed E-state index contributed by atoms with van der Waals surface area (Å²) in [6.07, 6.45) is 1.41. The average Bonchev–Trinajstić information content (AvgIpc) is 2.72. The summed E-state index contributed by atoms with van der Waals surface area (Å²) in [7, 11) is 3.14. The molecule has 1 amide bonds. The van der Waals surface area contributed by atoms with Crippen LogP contribution in [-0.2, 0) is 11.3 Å². The first-order valence-electron chi connectivity index (χ1n) is 8.60. The number of methoxy groups -OCH3 is 2. The van der Waals surface area contributed by atoms with Gasteiger partial charge >= 0.3 is 0 Å². The maximum absolute atomic E-state index is 12.3. The molecule has 146 valence electrons. The number of halogens is 1. The van der Waals surface area contributed by atoms with Gasteiger partial charge in [-0.05, 0) is 36.2 Å². The molecule has 6 nitrogen and oxygen atoms in total. The molecule has 2 N–H and O–H groups in total. The van der Waals surface area contributed by atoms with Gasteiger partial charge in [0.25, 0.3) is 5.91 Å². The summed E-state index contributed by atoms with van der Waals surface area (Å²) in [6, 6.07) is 14.5. The van der Waals surface area contributed by atoms with E-state index in [4.69, 9.17) is 21.1 Å². The molecule has 0 aliphatic carbocycles. The molecule has 0 aliphatic rings. The summed E-state index contributed by atoms with van der Waals surface area (Å²) < 4.78 is 10.5. The van der Waals surface area contributed by atoms with E-state index >= 15 is 0 Å². The molecule has 2 rings (SSSR count). The van der Waals surface area contributed by atoms with Crippen LogP contribution in [0.1, 0.15) is 24.1 Å². The van der Waals surface area contributed by atoms with E-state index in [9.17, 15) is 10.1 Å². The van der Waals surface area contributed by atoms with Crippen molar-refractivity contribution in [2.75, 3.05) is 14.2 Å². The average molecular weight is 400 g/mol. The fourth-order valence-corrected chi connectivity index (χ4v) is 2.69. The molecule has 0 heterocycles. The summed E-state index contributed by atoms with van der Waals surface area (Å²) in [5, 5.41) is 15.6. The lowest BCUT2D eigenvalue weighted by Gasteiger charge is -2.15. The van der Waals surface area contributed by atoms with Crippen molar-refractivity contribution in [2.24, 2.45) is 0 Å². The van der Waals surface area contributed by atoms with Gasteiger partial charge in [0.05, 0.1) is 14.2 Å². The number of carbonyl (C=O) groups excluding carboxylic acids is 1. The van der Waals surface area contributed by atoms with Crippen LogP contribution in [0.25, 0.3) is 0 Å². The summed E-state index contributed by atoms with van der Waals surface area (Å²) in [6.45, 7) is 2.15. The van der Waals surface area contributed by atoms with Gasteiger partial charge in [-0.2, -0.15) is 5.26 Å². The van der Waals surface area contributed by atoms with Crippen LogP contribution in [0, 0.1) is 11.3 Å². The highest BCUT2D eigenvalue weighted by atomic mass is 35.5. The Morgan fingerprint density at radius 3 is 2.57 bits per heavy atom. The molecule has 0 bridgehead atoms. The Balaban J connectivity index is 2.03. The molecule has 1 unspecified atom stereocenters. The molecule has 0 aromatic heterocycles. The van der Waals surface area contributed by atoms with Crippen LogP contribution < -0.4 is 20.1 Å². The van der Waals surface area contributed by atoms with Gasteiger partial charge in [-0.3, -0.25) is 4.79 Å². The van der Waals surface area contributed by atoms with E-state index in [1.165, 1.54) is 6.20 Å². The topological polar surface area (TPSA) is 83.4 Å². The van der Waals surface area contributed by atoms with E-state index in [-0.39, 0.29) is 18.2 Å². The Hall–Kier alpha value is -3.17. The Morgan fingerprint density at radius 1 is 1.21 bits per heavy atom. The molecule has 2 aromatic rings. The molecular weight excluding hydrogens is 378 g/mol. The van der Waals surface area contributed by atoms with Crippen molar-refractivity contribution in [2.45, 2.75) is 19.5 Å². The second-order valence-corrected chi connectivity index (χ2v) is 6.35. The van der Waals surface area contributed by atoms with Crippen molar-refractivity contribution in [1.29, 1.82) is 5.26 Å². The first kappa shape index (κ1) is 21.1. The van der Waals surface area contributed by atoms with Crippen molar-refractivity contribution in [3.05, 3.63) is 70.4 Å². The van der Waals surface area contributed by atoms with E-state index in [1.807, 2.05) is 43.3 Å². The van der Waals surface area contributed by atoms with E-state index in [1.54, 1.807) is 26.4 Å². The predicted octanol–water partition coefficient (Wildman–Crippen LogP) is 3.73. The number of rotatable bonds is 8. The van der Waals surface area contributed by atoms with Crippen molar-refractivity contribution in [3.63, 3.8) is 0 Å². The van der Waals surface area contributed by atoms with Crippen LogP contribution >= 0.6 is 11.6 Å². The maximum atomic E-state index is 12.3. The van der Waals surface area contributed by atoms with Gasteiger partial charge in [-0.25, -0.2) is 0 Å². The normalized spacial score (nSPS) is 11.9. The van der Waals surface area contributed by atoms with Crippen molar-refractivity contribution in [1.82, 2.24) is 10.6 Å². The molecule has 0 radical (unpaired) electrons. The quantitative estimate of drug-likeness (QED) is 0.522. The Kier molecular flexibility index (Phi) is 7.73. The van der Waals surface area contributed by atoms with Gasteiger partial charge in [0.15, 0.2) is 11.5 Å². The predicted molar refractivity (Wildman–Crippen MR) is 108 cm³/mol. The number of ether oxygens (including phenoxy) is 2. The molecular formula is C21H22ClN3O3. The van der Waals surface area contributed by atoms with Crippen LogP contribution in [0.3, 0.4) is 0 Å². The summed E-state index contributed by atoms with van der Waals surface area (Å²) in [5.74, 6) is 0.760. The zero-order chi connectivity index (χ0) is 20.5. The highest BCUT2D eigenvalue weighted by Gasteiger charge is 2.12. The van der Waals surface area contributed by atoms with Crippen LogP contribution in [-0.4, -0.2) is 20.1 Å². The minimum atomic E-state index is -0.477. The zero-order valence-electron chi connectivity index (χ0n) is 16.0. The van der Waals surface area contributed by atoms with Gasteiger partial charge in [0.1, 0.15) is 11.6 Å². The molecule has 7 heteroatoms. The van der Waals surface area contributed by atoms with Crippen LogP contribution in [0.5, 0.6) is 11.5 Å². The third-order valence-electron chi connectivity index (χ3n) is 4.15. The number of amides is 1. The molecule has 0 aliphatic heterocycles. The van der Waals surface area contributed by atoms with Crippen molar-refractivity contribution >= 4 is 17.5 Å². The molecule has 1 atom stereocenters. The standard InChI is InChI=1S/C21H22ClN3O3/c1-14(15-8-9-19(27-2)20(10-15)28-3)24-13-17(11-23)21(26)25-12-16-6-4-5-7-18(16)22/h4-10,13-14,24H,12H2,1-3H3,(H,25,26)/b17-13-. The minimum absolute atomic E-state index is 0.0284. The zero-order valence-corrected chi connectivity index (χ0v) is 16.7. The van der Waals surface area contributed by atoms with Crippen LogP contribution in [0.15, 0.2) is 54.2 Å². The second-order valence-electron chi connectivity index (χ2n) is 5.95. The highest BCUT2D eigenvalue weighted by molar-refractivity contribution is 6.31. The number of nitriles is 1. The number of carbonyl (C=O) groups is 1. The Bertz CT molecular complexity index is 906. The lowest BCUT2D eigenvalue weighted by molar-refractivity contribution is -0.117. The number of benzene rings is 2. The number of hydrogen-bond acceptors (Lipinski definition) is 5. The van der Waals surface area contributed by atoms with E-state index in [0.717, 1.165) is 11.1 Å².